The fraction of sp³-hybridized carbons (Fsp3) is 0.533. The molecule has 2 atom stereocenters. The van der Waals surface area contributed by atoms with E-state index in [2.05, 4.69) is 0 Å². The number of rotatable bonds is 2. The summed E-state index contributed by atoms with van der Waals surface area (Å²) in [5, 5.41) is 0. The molecule has 2 rings (SSSR count). The Labute approximate surface area is 108 Å². The molecule has 1 fully saturated rings. The van der Waals surface area contributed by atoms with Gasteiger partial charge in [0.15, 0.2) is 0 Å². The van der Waals surface area contributed by atoms with Crippen molar-refractivity contribution in [1.29, 1.82) is 0 Å². The molecule has 98 valence electrons. The Morgan fingerprint density at radius 3 is 2.33 bits per heavy atom. The minimum absolute atomic E-state index is 0.0120. The molecule has 1 aliphatic rings. The molecule has 1 aromatic carbocycles. The summed E-state index contributed by atoms with van der Waals surface area (Å²) < 4.78 is 13.8. The van der Waals surface area contributed by atoms with Crippen LogP contribution in [0.25, 0.3) is 0 Å². The number of amides is 1. The zero-order chi connectivity index (χ0) is 13.1. The minimum Gasteiger partial charge on any atom is -0.345 e. The summed E-state index contributed by atoms with van der Waals surface area (Å²) in [6.07, 6.45) is 2.96. The van der Waals surface area contributed by atoms with E-state index < -0.39 is 6.17 Å². The van der Waals surface area contributed by atoms with Gasteiger partial charge in [-0.3, -0.25) is 4.79 Å². The van der Waals surface area contributed by atoms with E-state index in [0.717, 1.165) is 24.8 Å². The molecule has 0 heterocycles. The van der Waals surface area contributed by atoms with E-state index in [1.807, 2.05) is 12.1 Å². The van der Waals surface area contributed by atoms with Gasteiger partial charge in [-0.1, -0.05) is 25.0 Å². The second-order valence-electron chi connectivity index (χ2n) is 5.23. The molecule has 0 spiro atoms. The van der Waals surface area contributed by atoms with Crippen molar-refractivity contribution in [3.05, 3.63) is 35.4 Å². The lowest BCUT2D eigenvalue weighted by molar-refractivity contribution is 0.0827. The molecule has 1 aromatic rings. The standard InChI is InChI=1S/C15H20FNO/c1-17(2)15(18)12-9-7-11(8-10-12)13-5-3-4-6-14(13)16/h7-10,13-14H,3-6H2,1-2H3. The number of hydrogen-bond donors (Lipinski definition) is 0. The molecule has 2 unspecified atom stereocenters. The van der Waals surface area contributed by atoms with Crippen LogP contribution in [0.4, 0.5) is 4.39 Å². The molecule has 0 aliphatic heterocycles. The summed E-state index contributed by atoms with van der Waals surface area (Å²) in [5.74, 6) is 0.00394. The molecule has 0 aromatic heterocycles. The van der Waals surface area contributed by atoms with Gasteiger partial charge in [0.1, 0.15) is 6.17 Å². The first-order chi connectivity index (χ1) is 8.59. The molecule has 1 aliphatic carbocycles. The quantitative estimate of drug-likeness (QED) is 0.786. The predicted molar refractivity (Wildman–Crippen MR) is 70.6 cm³/mol. The average Bonchev–Trinajstić information content (AvgIpc) is 2.38. The fourth-order valence-electron chi connectivity index (χ4n) is 2.59. The van der Waals surface area contributed by atoms with Gasteiger partial charge >= 0.3 is 0 Å². The van der Waals surface area contributed by atoms with E-state index in [0.29, 0.717) is 12.0 Å². The van der Waals surface area contributed by atoms with Gasteiger partial charge in [0.2, 0.25) is 0 Å². The maximum absolute atomic E-state index is 13.8. The number of halogens is 1. The number of carbonyl (C=O) groups excluding carboxylic acids is 1. The van der Waals surface area contributed by atoms with Crippen LogP contribution in [-0.4, -0.2) is 31.1 Å². The van der Waals surface area contributed by atoms with E-state index in [1.54, 1.807) is 31.1 Å². The zero-order valence-electron chi connectivity index (χ0n) is 11.0. The summed E-state index contributed by atoms with van der Waals surface area (Å²) in [6, 6.07) is 7.41. The molecule has 0 radical (unpaired) electrons. The molecule has 0 saturated heterocycles. The first kappa shape index (κ1) is 13.1. The monoisotopic (exact) mass is 249 g/mol. The van der Waals surface area contributed by atoms with Gasteiger partial charge in [0, 0.05) is 25.6 Å². The number of hydrogen-bond acceptors (Lipinski definition) is 1. The molecule has 3 heteroatoms. The van der Waals surface area contributed by atoms with Crippen molar-refractivity contribution in [1.82, 2.24) is 4.90 Å². The number of benzene rings is 1. The summed E-state index contributed by atoms with van der Waals surface area (Å²) in [4.78, 5) is 13.3. The molecule has 0 N–H and O–H groups in total. The fourth-order valence-corrected chi connectivity index (χ4v) is 2.59. The van der Waals surface area contributed by atoms with Gasteiger partial charge in [0.25, 0.3) is 5.91 Å². The third-order valence-electron chi connectivity index (χ3n) is 3.67. The number of nitrogens with zero attached hydrogens (tertiary/aromatic N) is 1. The average molecular weight is 249 g/mol. The highest BCUT2D eigenvalue weighted by atomic mass is 19.1. The number of alkyl halides is 1. The molecular formula is C15H20FNO. The minimum atomic E-state index is -0.728. The van der Waals surface area contributed by atoms with Crippen molar-refractivity contribution < 1.29 is 9.18 Å². The molecule has 1 saturated carbocycles. The summed E-state index contributed by atoms with van der Waals surface area (Å²) in [5.41, 5.74) is 1.69. The first-order valence-corrected chi connectivity index (χ1v) is 6.55. The lowest BCUT2D eigenvalue weighted by Gasteiger charge is -2.26. The van der Waals surface area contributed by atoms with Crippen LogP contribution < -0.4 is 0 Å². The van der Waals surface area contributed by atoms with Crippen LogP contribution in [0.1, 0.15) is 47.5 Å². The van der Waals surface area contributed by atoms with Gasteiger partial charge in [0.05, 0.1) is 0 Å². The molecular weight excluding hydrogens is 229 g/mol. The maximum Gasteiger partial charge on any atom is 0.253 e. The number of carbonyl (C=O) groups is 1. The Balaban J connectivity index is 2.14. The Hall–Kier alpha value is -1.38. The van der Waals surface area contributed by atoms with E-state index in [4.69, 9.17) is 0 Å². The van der Waals surface area contributed by atoms with Crippen LogP contribution >= 0.6 is 0 Å². The van der Waals surface area contributed by atoms with Gasteiger partial charge in [-0.2, -0.15) is 0 Å². The largest absolute Gasteiger partial charge is 0.345 e. The van der Waals surface area contributed by atoms with Gasteiger partial charge in [-0.15, -0.1) is 0 Å². The van der Waals surface area contributed by atoms with E-state index in [-0.39, 0.29) is 11.8 Å². The normalized spacial score (nSPS) is 23.7. The van der Waals surface area contributed by atoms with Crippen LogP contribution in [0.15, 0.2) is 24.3 Å². The lowest BCUT2D eigenvalue weighted by atomic mass is 9.82. The van der Waals surface area contributed by atoms with Crippen LogP contribution in [0.3, 0.4) is 0 Å². The molecule has 2 nitrogen and oxygen atoms in total. The Morgan fingerprint density at radius 1 is 1.17 bits per heavy atom. The molecule has 18 heavy (non-hydrogen) atoms. The Bertz CT molecular complexity index is 413. The topological polar surface area (TPSA) is 20.3 Å². The van der Waals surface area contributed by atoms with Crippen LogP contribution in [0.2, 0.25) is 0 Å². The van der Waals surface area contributed by atoms with Gasteiger partial charge < -0.3 is 4.90 Å². The van der Waals surface area contributed by atoms with Gasteiger partial charge in [-0.25, -0.2) is 4.39 Å². The summed E-state index contributed by atoms with van der Waals surface area (Å²) in [6.45, 7) is 0. The van der Waals surface area contributed by atoms with Crippen LogP contribution in [-0.2, 0) is 0 Å². The summed E-state index contributed by atoms with van der Waals surface area (Å²) >= 11 is 0. The Kier molecular flexibility index (Phi) is 4.00. The first-order valence-electron chi connectivity index (χ1n) is 6.55. The predicted octanol–water partition coefficient (Wildman–Crippen LogP) is 3.38. The van der Waals surface area contributed by atoms with E-state index in [1.165, 1.54) is 0 Å². The second kappa shape index (κ2) is 5.51. The zero-order valence-corrected chi connectivity index (χ0v) is 11.0. The van der Waals surface area contributed by atoms with Crippen molar-refractivity contribution in [2.24, 2.45) is 0 Å². The SMILES string of the molecule is CN(C)C(=O)c1ccc(C2CCCCC2F)cc1. The smallest absolute Gasteiger partial charge is 0.253 e. The summed E-state index contributed by atoms with van der Waals surface area (Å²) in [7, 11) is 3.46. The third kappa shape index (κ3) is 2.71. The van der Waals surface area contributed by atoms with Crippen molar-refractivity contribution >= 4 is 5.91 Å². The van der Waals surface area contributed by atoms with Gasteiger partial charge in [-0.05, 0) is 30.5 Å². The van der Waals surface area contributed by atoms with Crippen molar-refractivity contribution in [2.45, 2.75) is 37.8 Å². The molecule has 1 amide bonds. The van der Waals surface area contributed by atoms with Crippen LogP contribution in [0, 0.1) is 0 Å². The van der Waals surface area contributed by atoms with Crippen LogP contribution in [0.5, 0.6) is 0 Å². The lowest BCUT2D eigenvalue weighted by Crippen LogP contribution is -2.22. The van der Waals surface area contributed by atoms with E-state index in [9.17, 15) is 9.18 Å². The Morgan fingerprint density at radius 2 is 1.78 bits per heavy atom. The highest BCUT2D eigenvalue weighted by Crippen LogP contribution is 2.35. The molecule has 0 bridgehead atoms. The second-order valence-corrected chi connectivity index (χ2v) is 5.23. The van der Waals surface area contributed by atoms with Crippen molar-refractivity contribution in [2.75, 3.05) is 14.1 Å². The third-order valence-corrected chi connectivity index (χ3v) is 3.67. The highest BCUT2D eigenvalue weighted by molar-refractivity contribution is 5.93. The highest BCUT2D eigenvalue weighted by Gasteiger charge is 2.26. The maximum atomic E-state index is 13.8. The van der Waals surface area contributed by atoms with E-state index >= 15 is 0 Å². The van der Waals surface area contributed by atoms with Crippen molar-refractivity contribution in [3.8, 4) is 0 Å². The van der Waals surface area contributed by atoms with Crippen molar-refractivity contribution in [3.63, 3.8) is 0 Å².